The van der Waals surface area contributed by atoms with Crippen molar-refractivity contribution in [3.05, 3.63) is 0 Å². The molecule has 4 aliphatic carbocycles. The second-order valence-corrected chi connectivity index (χ2v) is 10.9. The second kappa shape index (κ2) is 7.42. The summed E-state index contributed by atoms with van der Waals surface area (Å²) in [5.41, 5.74) is 10.1. The zero-order valence-electron chi connectivity index (χ0n) is 18.6. The first-order valence-electron chi connectivity index (χ1n) is 11.6. The summed E-state index contributed by atoms with van der Waals surface area (Å²) in [5.74, 6) is 0.499. The molecule has 0 heterocycles. The van der Waals surface area contributed by atoms with Crippen LogP contribution in [0.15, 0.2) is 10.1 Å². The quantitative estimate of drug-likeness (QED) is 0.194. The van der Waals surface area contributed by atoms with Gasteiger partial charge < -0.3 is 26.8 Å². The molecule has 31 heavy (non-hydrogen) atoms. The van der Waals surface area contributed by atoms with Gasteiger partial charge >= 0.3 is 0 Å². The van der Waals surface area contributed by atoms with Gasteiger partial charge in [0, 0.05) is 5.41 Å². The maximum absolute atomic E-state index is 12.1. The van der Waals surface area contributed by atoms with Crippen molar-refractivity contribution in [2.24, 2.45) is 50.1 Å². The van der Waals surface area contributed by atoms with E-state index in [1.54, 1.807) is 0 Å². The monoisotopic (exact) mass is 434 g/mol. The minimum atomic E-state index is -1.28. The number of fused-ring (bicyclic) bond motifs is 5. The van der Waals surface area contributed by atoms with Crippen LogP contribution < -0.4 is 16.9 Å². The van der Waals surface area contributed by atoms with E-state index in [4.69, 9.17) is 16.9 Å². The van der Waals surface area contributed by atoms with Crippen molar-refractivity contribution in [2.75, 3.05) is 0 Å². The van der Waals surface area contributed by atoms with E-state index in [2.05, 4.69) is 22.4 Å². The minimum absolute atomic E-state index is 0.137. The highest BCUT2D eigenvalue weighted by Crippen LogP contribution is 2.69. The maximum Gasteiger partial charge on any atom is 0.239 e. The Kier molecular flexibility index (Phi) is 5.38. The number of hydrazone groups is 1. The number of aliphatic imine (C=N–C) groups is 1. The first-order chi connectivity index (χ1) is 14.5. The Bertz CT molecular complexity index is 800. The Hall–Kier alpha value is -1.71. The third kappa shape index (κ3) is 3.27. The summed E-state index contributed by atoms with van der Waals surface area (Å²) >= 11 is 0. The van der Waals surface area contributed by atoms with Gasteiger partial charge in [0.05, 0.1) is 17.9 Å². The standard InChI is InChI=1S/C22H38N6O3/c1-19-7-5-14(29)11-13(19)3-4-16-15(19)6-8-20(2)21(30,9-10-22(16,20)31)12-26-28-18(25)27-17(23)24/h12-16,29-31H,3-11H2,1-2H3,(H6,23,24,25,27,28)/b26-12+/t13-,14+,15+,16-,19+,20-,21+,22+/m1/s1. The number of hydrogen-bond donors (Lipinski definition) is 7. The third-order valence-corrected chi connectivity index (χ3v) is 9.72. The molecule has 4 saturated carbocycles. The first-order valence-corrected chi connectivity index (χ1v) is 11.6. The Morgan fingerprint density at radius 2 is 1.77 bits per heavy atom. The van der Waals surface area contributed by atoms with Crippen LogP contribution in [-0.2, 0) is 0 Å². The number of aliphatic hydroxyl groups is 3. The highest BCUT2D eigenvalue weighted by Gasteiger charge is 2.71. The molecule has 0 unspecified atom stereocenters. The molecule has 9 N–H and O–H groups in total. The predicted molar refractivity (Wildman–Crippen MR) is 119 cm³/mol. The van der Waals surface area contributed by atoms with Gasteiger partial charge in [-0.25, -0.2) is 5.43 Å². The summed E-state index contributed by atoms with van der Waals surface area (Å²) in [5, 5.41) is 45.6. The smallest absolute Gasteiger partial charge is 0.239 e. The highest BCUT2D eigenvalue weighted by atomic mass is 16.3. The average Bonchev–Trinajstić information content (AvgIpc) is 2.89. The van der Waals surface area contributed by atoms with Crippen LogP contribution in [0.5, 0.6) is 0 Å². The van der Waals surface area contributed by atoms with E-state index >= 15 is 0 Å². The molecule has 0 spiro atoms. The van der Waals surface area contributed by atoms with E-state index in [1.165, 1.54) is 6.21 Å². The molecular formula is C22H38N6O3. The van der Waals surface area contributed by atoms with Crippen LogP contribution in [-0.4, -0.2) is 50.8 Å². The van der Waals surface area contributed by atoms with Gasteiger partial charge in [0.25, 0.3) is 0 Å². The average molecular weight is 435 g/mol. The van der Waals surface area contributed by atoms with Gasteiger partial charge in [-0.05, 0) is 81.0 Å². The molecule has 8 atom stereocenters. The summed E-state index contributed by atoms with van der Waals surface area (Å²) < 4.78 is 0. The number of hydrogen-bond acceptors (Lipinski definition) is 5. The number of guanidine groups is 2. The molecule has 4 aliphatic rings. The van der Waals surface area contributed by atoms with Crippen molar-refractivity contribution in [3.63, 3.8) is 0 Å². The number of nitrogens with two attached hydrogens (primary N) is 2. The third-order valence-electron chi connectivity index (χ3n) is 9.72. The molecule has 4 fully saturated rings. The van der Waals surface area contributed by atoms with Crippen molar-refractivity contribution in [2.45, 2.75) is 88.9 Å². The molecule has 0 aromatic carbocycles. The van der Waals surface area contributed by atoms with E-state index in [-0.39, 0.29) is 29.4 Å². The van der Waals surface area contributed by atoms with Gasteiger partial charge in [-0.2, -0.15) is 10.1 Å². The summed E-state index contributed by atoms with van der Waals surface area (Å²) in [6, 6.07) is 0. The Morgan fingerprint density at radius 1 is 1.03 bits per heavy atom. The molecular weight excluding hydrogens is 396 g/mol. The topological polar surface area (TPSA) is 173 Å². The molecule has 174 valence electrons. The summed E-state index contributed by atoms with van der Waals surface area (Å²) in [7, 11) is 0. The molecule has 4 rings (SSSR count). The maximum atomic E-state index is 12.1. The van der Waals surface area contributed by atoms with Gasteiger partial charge in [0.15, 0.2) is 5.96 Å². The van der Waals surface area contributed by atoms with Crippen molar-refractivity contribution < 1.29 is 15.3 Å². The van der Waals surface area contributed by atoms with E-state index in [9.17, 15) is 15.3 Å². The van der Waals surface area contributed by atoms with Crippen LogP contribution in [0.4, 0.5) is 0 Å². The molecule has 0 aromatic heterocycles. The predicted octanol–water partition coefficient (Wildman–Crippen LogP) is 1.02. The van der Waals surface area contributed by atoms with Gasteiger partial charge in [-0.15, -0.1) is 0 Å². The van der Waals surface area contributed by atoms with Crippen LogP contribution in [0.1, 0.15) is 71.6 Å². The van der Waals surface area contributed by atoms with E-state index in [1.807, 2.05) is 6.92 Å². The number of nitrogens with zero attached hydrogens (tertiary/aromatic N) is 2. The molecule has 0 aromatic rings. The fourth-order valence-electron chi connectivity index (χ4n) is 7.82. The number of nitrogens with one attached hydrogen (secondary N) is 2. The molecule has 0 bridgehead atoms. The van der Waals surface area contributed by atoms with Crippen LogP contribution in [0.2, 0.25) is 0 Å². The molecule has 0 saturated heterocycles. The Morgan fingerprint density at radius 3 is 2.48 bits per heavy atom. The van der Waals surface area contributed by atoms with E-state index < -0.39 is 16.6 Å². The zero-order valence-corrected chi connectivity index (χ0v) is 18.6. The zero-order chi connectivity index (χ0) is 22.7. The number of rotatable bonds is 2. The molecule has 0 radical (unpaired) electrons. The Balaban J connectivity index is 1.57. The molecule has 0 aliphatic heterocycles. The van der Waals surface area contributed by atoms with Gasteiger partial charge in [0.1, 0.15) is 5.60 Å². The normalized spacial score (nSPS) is 49.1. The van der Waals surface area contributed by atoms with E-state index in [0.29, 0.717) is 31.1 Å². The van der Waals surface area contributed by atoms with Crippen LogP contribution in [0.3, 0.4) is 0 Å². The summed E-state index contributed by atoms with van der Waals surface area (Å²) in [6.07, 6.45) is 8.54. The number of aliphatic hydroxyl groups excluding tert-OH is 1. The lowest BCUT2D eigenvalue weighted by Crippen LogP contribution is -2.65. The lowest BCUT2D eigenvalue weighted by atomic mass is 9.43. The second-order valence-electron chi connectivity index (χ2n) is 10.9. The van der Waals surface area contributed by atoms with Crippen LogP contribution in [0.25, 0.3) is 0 Å². The largest absolute Gasteiger partial charge is 0.393 e. The van der Waals surface area contributed by atoms with Gasteiger partial charge in [0.2, 0.25) is 5.96 Å². The van der Waals surface area contributed by atoms with E-state index in [0.717, 1.165) is 38.5 Å². The minimum Gasteiger partial charge on any atom is -0.393 e. The molecule has 9 heteroatoms. The van der Waals surface area contributed by atoms with Crippen molar-refractivity contribution in [3.8, 4) is 0 Å². The summed E-state index contributed by atoms with van der Waals surface area (Å²) in [4.78, 5) is 3.56. The summed E-state index contributed by atoms with van der Waals surface area (Å²) in [6.45, 7) is 4.36. The molecule has 0 amide bonds. The van der Waals surface area contributed by atoms with Gasteiger partial charge in [-0.1, -0.05) is 13.8 Å². The fourth-order valence-corrected chi connectivity index (χ4v) is 7.82. The van der Waals surface area contributed by atoms with Gasteiger partial charge in [-0.3, -0.25) is 5.41 Å². The lowest BCUT2D eigenvalue weighted by molar-refractivity contribution is -0.223. The fraction of sp³-hybridized carbons (Fsp3) is 0.864. The van der Waals surface area contributed by atoms with Crippen molar-refractivity contribution in [1.29, 1.82) is 5.41 Å². The highest BCUT2D eigenvalue weighted by molar-refractivity contribution is 5.91. The van der Waals surface area contributed by atoms with Crippen molar-refractivity contribution in [1.82, 2.24) is 5.43 Å². The van der Waals surface area contributed by atoms with Crippen molar-refractivity contribution >= 4 is 18.1 Å². The Labute approximate surface area is 183 Å². The van der Waals surface area contributed by atoms with Crippen LogP contribution in [0, 0.1) is 34.0 Å². The SMILES string of the molecule is C[C@]12CC[C@H](O)C[C@H]1CC[C@@H]1[C@@H]2CC[C@]2(C)[C@@](O)(/C=N/NC(=N)N=C(N)N)CC[C@]12O. The first kappa shape index (κ1) is 22.5. The lowest BCUT2D eigenvalue weighted by Gasteiger charge is -2.64. The molecule has 9 nitrogen and oxygen atoms in total. The van der Waals surface area contributed by atoms with Crippen LogP contribution >= 0.6 is 0 Å².